The van der Waals surface area contributed by atoms with Crippen molar-refractivity contribution in [1.82, 2.24) is 5.32 Å². The number of esters is 2. The fraction of sp³-hybridized carbons (Fsp3) is 0.467. The zero-order valence-electron chi connectivity index (χ0n) is 12.3. The summed E-state index contributed by atoms with van der Waals surface area (Å²) in [6.45, 7) is 3.59. The van der Waals surface area contributed by atoms with Gasteiger partial charge in [-0.05, 0) is 12.5 Å². The second-order valence-corrected chi connectivity index (χ2v) is 4.63. The van der Waals surface area contributed by atoms with Crippen LogP contribution < -0.4 is 5.32 Å². The van der Waals surface area contributed by atoms with Crippen LogP contribution in [-0.2, 0) is 19.1 Å². The first-order valence-corrected chi connectivity index (χ1v) is 6.48. The third kappa shape index (κ3) is 4.06. The van der Waals surface area contributed by atoms with Gasteiger partial charge in [0.2, 0.25) is 0 Å². The number of carbonyl (C=O) groups excluding carboxylic acids is 2. The van der Waals surface area contributed by atoms with Crippen LogP contribution in [0.5, 0.6) is 0 Å². The Hall–Kier alpha value is -1.88. The highest BCUT2D eigenvalue weighted by Gasteiger charge is 2.28. The van der Waals surface area contributed by atoms with Gasteiger partial charge in [-0.25, -0.2) is 4.79 Å². The molecule has 0 fully saturated rings. The Labute approximate surface area is 119 Å². The molecule has 0 aromatic heterocycles. The van der Waals surface area contributed by atoms with Crippen LogP contribution in [0.25, 0.3) is 0 Å². The van der Waals surface area contributed by atoms with Crippen LogP contribution in [0, 0.1) is 5.92 Å². The largest absolute Gasteiger partial charge is 0.469 e. The van der Waals surface area contributed by atoms with E-state index in [1.54, 1.807) is 6.92 Å². The van der Waals surface area contributed by atoms with Gasteiger partial charge in [-0.15, -0.1) is 0 Å². The lowest BCUT2D eigenvalue weighted by molar-refractivity contribution is -0.148. The van der Waals surface area contributed by atoms with Crippen LogP contribution in [0.1, 0.15) is 25.5 Å². The van der Waals surface area contributed by atoms with Crippen molar-refractivity contribution in [3.8, 4) is 0 Å². The van der Waals surface area contributed by atoms with E-state index in [2.05, 4.69) is 5.32 Å². The van der Waals surface area contributed by atoms with E-state index < -0.39 is 6.04 Å². The normalized spacial score (nSPS) is 15.0. The van der Waals surface area contributed by atoms with E-state index in [9.17, 15) is 9.59 Å². The number of carbonyl (C=O) groups is 2. The molecule has 20 heavy (non-hydrogen) atoms. The number of ether oxygens (including phenoxy) is 2. The molecular formula is C15H21NO4. The summed E-state index contributed by atoms with van der Waals surface area (Å²) in [7, 11) is 2.69. The molecule has 1 aromatic rings. The molecule has 0 aliphatic rings. The summed E-state index contributed by atoms with van der Waals surface area (Å²) < 4.78 is 9.53. The number of benzene rings is 1. The molecule has 0 heterocycles. The molecule has 0 radical (unpaired) electrons. The van der Waals surface area contributed by atoms with Crippen molar-refractivity contribution in [2.75, 3.05) is 14.2 Å². The lowest BCUT2D eigenvalue weighted by Gasteiger charge is -2.24. The van der Waals surface area contributed by atoms with E-state index in [1.807, 2.05) is 37.3 Å². The van der Waals surface area contributed by atoms with Crippen molar-refractivity contribution in [3.63, 3.8) is 0 Å². The molecule has 1 aromatic carbocycles. The number of hydrogen-bond donors (Lipinski definition) is 1. The minimum Gasteiger partial charge on any atom is -0.469 e. The number of methoxy groups -OCH3 is 2. The molecule has 3 atom stereocenters. The predicted molar refractivity (Wildman–Crippen MR) is 75.0 cm³/mol. The maximum Gasteiger partial charge on any atom is 0.327 e. The van der Waals surface area contributed by atoms with E-state index in [1.165, 1.54) is 14.2 Å². The van der Waals surface area contributed by atoms with Gasteiger partial charge in [0.05, 0.1) is 20.1 Å². The molecule has 1 N–H and O–H groups in total. The first-order chi connectivity index (χ1) is 9.51. The molecule has 3 unspecified atom stereocenters. The first-order valence-electron chi connectivity index (χ1n) is 6.48. The molecular weight excluding hydrogens is 258 g/mol. The fourth-order valence-electron chi connectivity index (χ4n) is 1.86. The first kappa shape index (κ1) is 16.2. The van der Waals surface area contributed by atoms with Crippen molar-refractivity contribution < 1.29 is 19.1 Å². The SMILES string of the molecule is COC(=O)C(NC(C)C(C)C(=O)OC)c1ccccc1. The van der Waals surface area contributed by atoms with Gasteiger partial charge < -0.3 is 9.47 Å². The van der Waals surface area contributed by atoms with Gasteiger partial charge in [0, 0.05) is 6.04 Å². The van der Waals surface area contributed by atoms with Gasteiger partial charge in [0.1, 0.15) is 6.04 Å². The minimum atomic E-state index is -0.608. The average Bonchev–Trinajstić information content (AvgIpc) is 2.50. The molecule has 1 rings (SSSR count). The standard InChI is InChI=1S/C15H21NO4/c1-10(14(17)19-3)11(2)16-13(15(18)20-4)12-8-6-5-7-9-12/h5-11,13,16H,1-4H3. The van der Waals surface area contributed by atoms with Crippen LogP contribution in [0.2, 0.25) is 0 Å². The monoisotopic (exact) mass is 279 g/mol. The van der Waals surface area contributed by atoms with Crippen LogP contribution in [0.3, 0.4) is 0 Å². The Bertz CT molecular complexity index is 446. The summed E-state index contributed by atoms with van der Waals surface area (Å²) in [4.78, 5) is 23.4. The highest BCUT2D eigenvalue weighted by Crippen LogP contribution is 2.17. The average molecular weight is 279 g/mol. The van der Waals surface area contributed by atoms with Crippen molar-refractivity contribution in [2.45, 2.75) is 25.9 Å². The molecule has 0 aliphatic carbocycles. The van der Waals surface area contributed by atoms with Crippen molar-refractivity contribution >= 4 is 11.9 Å². The van der Waals surface area contributed by atoms with E-state index in [4.69, 9.17) is 9.47 Å². The predicted octanol–water partition coefficient (Wildman–Crippen LogP) is 1.69. The van der Waals surface area contributed by atoms with Gasteiger partial charge in [-0.1, -0.05) is 37.3 Å². The molecule has 110 valence electrons. The van der Waals surface area contributed by atoms with Gasteiger partial charge in [-0.2, -0.15) is 0 Å². The van der Waals surface area contributed by atoms with Crippen molar-refractivity contribution in [3.05, 3.63) is 35.9 Å². The Morgan fingerprint density at radius 2 is 1.55 bits per heavy atom. The smallest absolute Gasteiger partial charge is 0.327 e. The van der Waals surface area contributed by atoms with Gasteiger partial charge in [0.25, 0.3) is 0 Å². The van der Waals surface area contributed by atoms with Gasteiger partial charge in [-0.3, -0.25) is 10.1 Å². The summed E-state index contributed by atoms with van der Waals surface area (Å²) in [5.41, 5.74) is 0.795. The van der Waals surface area contributed by atoms with Crippen LogP contribution in [-0.4, -0.2) is 32.2 Å². The van der Waals surface area contributed by atoms with Crippen molar-refractivity contribution in [2.24, 2.45) is 5.92 Å². The number of rotatable bonds is 6. The lowest BCUT2D eigenvalue weighted by Crippen LogP contribution is -2.42. The van der Waals surface area contributed by atoms with E-state index in [-0.39, 0.29) is 23.9 Å². The minimum absolute atomic E-state index is 0.230. The third-order valence-corrected chi connectivity index (χ3v) is 3.32. The maximum atomic E-state index is 11.9. The van der Waals surface area contributed by atoms with E-state index >= 15 is 0 Å². The van der Waals surface area contributed by atoms with Crippen LogP contribution >= 0.6 is 0 Å². The van der Waals surface area contributed by atoms with Gasteiger partial charge >= 0.3 is 11.9 Å². The Morgan fingerprint density at radius 3 is 2.05 bits per heavy atom. The third-order valence-electron chi connectivity index (χ3n) is 3.32. The summed E-state index contributed by atoms with van der Waals surface area (Å²) in [5.74, 6) is -1.07. The molecule has 0 spiro atoms. The molecule has 5 heteroatoms. The maximum absolute atomic E-state index is 11.9. The van der Waals surface area contributed by atoms with Crippen LogP contribution in [0.15, 0.2) is 30.3 Å². The summed E-state index contributed by atoms with van der Waals surface area (Å²) >= 11 is 0. The zero-order valence-corrected chi connectivity index (χ0v) is 12.3. The van der Waals surface area contributed by atoms with Crippen molar-refractivity contribution in [1.29, 1.82) is 0 Å². The Kier molecular flexibility index (Phi) is 6.18. The molecule has 0 aliphatic heterocycles. The molecule has 0 saturated heterocycles. The van der Waals surface area contributed by atoms with Crippen LogP contribution in [0.4, 0.5) is 0 Å². The lowest BCUT2D eigenvalue weighted by atomic mass is 10.0. The quantitative estimate of drug-likeness (QED) is 0.803. The Morgan fingerprint density at radius 1 is 1.00 bits per heavy atom. The fourth-order valence-corrected chi connectivity index (χ4v) is 1.86. The summed E-state index contributed by atoms with van der Waals surface area (Å²) in [6.07, 6.45) is 0. The number of hydrogen-bond acceptors (Lipinski definition) is 5. The number of nitrogens with one attached hydrogen (secondary N) is 1. The van der Waals surface area contributed by atoms with E-state index in [0.29, 0.717) is 0 Å². The highest BCUT2D eigenvalue weighted by molar-refractivity contribution is 5.78. The molecule has 5 nitrogen and oxygen atoms in total. The van der Waals surface area contributed by atoms with E-state index in [0.717, 1.165) is 5.56 Å². The second kappa shape index (κ2) is 7.65. The summed E-state index contributed by atoms with van der Waals surface area (Å²) in [6, 6.07) is 8.41. The molecule has 0 amide bonds. The Balaban J connectivity index is 2.86. The highest BCUT2D eigenvalue weighted by atomic mass is 16.5. The zero-order chi connectivity index (χ0) is 15.1. The topological polar surface area (TPSA) is 64.6 Å². The molecule has 0 bridgehead atoms. The van der Waals surface area contributed by atoms with Gasteiger partial charge in [0.15, 0.2) is 0 Å². The second-order valence-electron chi connectivity index (χ2n) is 4.63. The molecule has 0 saturated carbocycles. The summed E-state index contributed by atoms with van der Waals surface area (Å²) in [5, 5.41) is 3.12.